The normalized spacial score (nSPS) is 18.0. The van der Waals surface area contributed by atoms with Gasteiger partial charge >= 0.3 is 0 Å². The summed E-state index contributed by atoms with van der Waals surface area (Å²) in [6.07, 6.45) is 7.81. The molecule has 0 spiro atoms. The number of hydrogen-bond acceptors (Lipinski definition) is 9. The third-order valence-electron chi connectivity index (χ3n) is 5.55. The van der Waals surface area contributed by atoms with Gasteiger partial charge in [-0.3, -0.25) is 0 Å². The van der Waals surface area contributed by atoms with Crippen LogP contribution in [0.1, 0.15) is 12.8 Å². The number of morpholine rings is 1. The Morgan fingerprint density at radius 2 is 1.69 bits per heavy atom. The highest BCUT2D eigenvalue weighted by molar-refractivity contribution is 5.90. The number of hydrogen-bond donors (Lipinski definition) is 1. The van der Waals surface area contributed by atoms with Crippen molar-refractivity contribution in [2.75, 3.05) is 56.6 Å². The maximum Gasteiger partial charge on any atom is 0.228 e. The lowest BCUT2D eigenvalue weighted by Crippen LogP contribution is -2.37. The molecule has 0 aliphatic carbocycles. The van der Waals surface area contributed by atoms with Gasteiger partial charge in [0.15, 0.2) is 5.65 Å². The number of fused-ring (bicyclic) bond motifs is 1. The molecule has 5 heterocycles. The first-order chi connectivity index (χ1) is 14.3. The molecule has 0 radical (unpaired) electrons. The Labute approximate surface area is 168 Å². The van der Waals surface area contributed by atoms with Crippen molar-refractivity contribution in [3.8, 4) is 11.3 Å². The molecule has 2 aliphatic rings. The van der Waals surface area contributed by atoms with E-state index < -0.39 is 0 Å². The second-order valence-electron chi connectivity index (χ2n) is 7.46. The van der Waals surface area contributed by atoms with E-state index in [0.717, 1.165) is 48.5 Å². The summed E-state index contributed by atoms with van der Waals surface area (Å²) in [6.45, 7) is 7.01. The second kappa shape index (κ2) is 7.88. The van der Waals surface area contributed by atoms with Gasteiger partial charge in [0.05, 0.1) is 37.0 Å². The summed E-state index contributed by atoms with van der Waals surface area (Å²) in [7, 11) is 0. The van der Waals surface area contributed by atoms with Gasteiger partial charge in [0.1, 0.15) is 0 Å². The lowest BCUT2D eigenvalue weighted by molar-refractivity contribution is 0.122. The van der Waals surface area contributed by atoms with Crippen molar-refractivity contribution in [2.24, 2.45) is 0 Å². The molecule has 0 bridgehead atoms. The van der Waals surface area contributed by atoms with Crippen LogP contribution < -0.4 is 10.6 Å². The lowest BCUT2D eigenvalue weighted by atomic mass is 10.2. The van der Waals surface area contributed by atoms with Crippen molar-refractivity contribution >= 4 is 22.9 Å². The molecule has 0 atom stereocenters. The first-order valence-electron chi connectivity index (χ1n) is 10.1. The number of nitrogen functional groups attached to an aromatic ring is 1. The van der Waals surface area contributed by atoms with E-state index in [0.29, 0.717) is 19.2 Å². The highest BCUT2D eigenvalue weighted by Gasteiger charge is 2.20. The minimum atomic E-state index is 0.244. The van der Waals surface area contributed by atoms with E-state index in [1.54, 1.807) is 12.4 Å². The zero-order valence-electron chi connectivity index (χ0n) is 16.4. The first-order valence-corrected chi connectivity index (χ1v) is 10.1. The molecule has 3 aromatic rings. The third kappa shape index (κ3) is 3.73. The van der Waals surface area contributed by atoms with Crippen LogP contribution in [0.25, 0.3) is 22.3 Å². The van der Waals surface area contributed by atoms with Crippen LogP contribution in [0.3, 0.4) is 0 Å². The van der Waals surface area contributed by atoms with Crippen molar-refractivity contribution in [1.82, 2.24) is 34.6 Å². The summed E-state index contributed by atoms with van der Waals surface area (Å²) in [4.78, 5) is 22.6. The van der Waals surface area contributed by atoms with E-state index in [-0.39, 0.29) is 5.95 Å². The predicted molar refractivity (Wildman–Crippen MR) is 109 cm³/mol. The Kier molecular flexibility index (Phi) is 4.94. The van der Waals surface area contributed by atoms with Gasteiger partial charge in [-0.1, -0.05) is 0 Å². The Morgan fingerprint density at radius 1 is 0.931 bits per heavy atom. The first kappa shape index (κ1) is 18.2. The van der Waals surface area contributed by atoms with Crippen LogP contribution >= 0.6 is 0 Å². The zero-order chi connectivity index (χ0) is 19.6. The average molecular weight is 395 g/mol. The SMILES string of the molecule is Nc1ncc(-c2nc(N3CCOCC3)nc3c2cnn3CCN2CCCC2)cn1. The van der Waals surface area contributed by atoms with Crippen LogP contribution in [0, 0.1) is 0 Å². The van der Waals surface area contributed by atoms with Crippen molar-refractivity contribution in [2.45, 2.75) is 19.4 Å². The van der Waals surface area contributed by atoms with Crippen molar-refractivity contribution < 1.29 is 4.74 Å². The van der Waals surface area contributed by atoms with E-state index in [2.05, 4.69) is 24.9 Å². The van der Waals surface area contributed by atoms with Crippen LogP contribution in [-0.2, 0) is 11.3 Å². The molecule has 2 N–H and O–H groups in total. The zero-order valence-corrected chi connectivity index (χ0v) is 16.4. The number of nitrogens with zero attached hydrogens (tertiary/aromatic N) is 8. The average Bonchev–Trinajstić information content (AvgIpc) is 3.42. The molecule has 2 fully saturated rings. The summed E-state index contributed by atoms with van der Waals surface area (Å²) in [5, 5.41) is 5.52. The Balaban J connectivity index is 1.55. The summed E-state index contributed by atoms with van der Waals surface area (Å²) >= 11 is 0. The maximum atomic E-state index is 5.67. The molecule has 3 aromatic heterocycles. The van der Waals surface area contributed by atoms with Crippen LogP contribution in [0.2, 0.25) is 0 Å². The third-order valence-corrected chi connectivity index (χ3v) is 5.55. The fourth-order valence-electron chi connectivity index (χ4n) is 3.93. The van der Waals surface area contributed by atoms with Crippen LogP contribution in [-0.4, -0.2) is 80.6 Å². The predicted octanol–water partition coefficient (Wildman–Crippen LogP) is 0.798. The Bertz CT molecular complexity index is 975. The summed E-state index contributed by atoms with van der Waals surface area (Å²) in [5.41, 5.74) is 8.10. The molecule has 0 amide bonds. The molecule has 10 nitrogen and oxygen atoms in total. The van der Waals surface area contributed by atoms with Crippen molar-refractivity contribution in [3.05, 3.63) is 18.6 Å². The number of aromatic nitrogens is 6. The minimum Gasteiger partial charge on any atom is -0.378 e. The van der Waals surface area contributed by atoms with E-state index in [4.69, 9.17) is 20.4 Å². The van der Waals surface area contributed by atoms with E-state index in [1.807, 2.05) is 10.9 Å². The fraction of sp³-hybridized carbons (Fsp3) is 0.526. The fourth-order valence-corrected chi connectivity index (χ4v) is 3.93. The molecule has 10 heteroatoms. The summed E-state index contributed by atoms with van der Waals surface area (Å²) < 4.78 is 7.47. The van der Waals surface area contributed by atoms with Gasteiger partial charge in [0, 0.05) is 37.6 Å². The molecule has 0 unspecified atom stereocenters. The molecule has 0 saturated carbocycles. The Hall–Kier alpha value is -2.85. The molecule has 2 aliphatic heterocycles. The van der Waals surface area contributed by atoms with Crippen LogP contribution in [0.15, 0.2) is 18.6 Å². The minimum absolute atomic E-state index is 0.244. The Morgan fingerprint density at radius 3 is 2.45 bits per heavy atom. The number of ether oxygens (including phenoxy) is 1. The molecule has 152 valence electrons. The second-order valence-corrected chi connectivity index (χ2v) is 7.46. The lowest BCUT2D eigenvalue weighted by Gasteiger charge is -2.27. The topological polar surface area (TPSA) is 111 Å². The number of likely N-dealkylation sites (tertiary alicyclic amines) is 1. The van der Waals surface area contributed by atoms with Gasteiger partial charge in [-0.25, -0.2) is 19.6 Å². The van der Waals surface area contributed by atoms with Crippen molar-refractivity contribution in [1.29, 1.82) is 0 Å². The van der Waals surface area contributed by atoms with Crippen LogP contribution in [0.5, 0.6) is 0 Å². The van der Waals surface area contributed by atoms with Gasteiger partial charge in [-0.15, -0.1) is 0 Å². The van der Waals surface area contributed by atoms with Gasteiger partial charge < -0.3 is 20.3 Å². The van der Waals surface area contributed by atoms with Gasteiger partial charge in [-0.2, -0.15) is 10.1 Å². The highest BCUT2D eigenvalue weighted by atomic mass is 16.5. The van der Waals surface area contributed by atoms with E-state index in [1.165, 1.54) is 25.9 Å². The maximum absolute atomic E-state index is 5.67. The van der Waals surface area contributed by atoms with Gasteiger partial charge in [0.2, 0.25) is 11.9 Å². The molecule has 0 aromatic carbocycles. The highest BCUT2D eigenvalue weighted by Crippen LogP contribution is 2.28. The number of anilines is 2. The molecular weight excluding hydrogens is 370 g/mol. The van der Waals surface area contributed by atoms with Gasteiger partial charge in [0.25, 0.3) is 0 Å². The number of nitrogens with two attached hydrogens (primary N) is 1. The molecular formula is C19H25N9O. The molecule has 2 saturated heterocycles. The number of rotatable bonds is 5. The molecule has 29 heavy (non-hydrogen) atoms. The summed E-state index contributed by atoms with van der Waals surface area (Å²) in [6, 6.07) is 0. The smallest absolute Gasteiger partial charge is 0.228 e. The summed E-state index contributed by atoms with van der Waals surface area (Å²) in [5.74, 6) is 0.935. The largest absolute Gasteiger partial charge is 0.378 e. The van der Waals surface area contributed by atoms with Crippen LogP contribution in [0.4, 0.5) is 11.9 Å². The quantitative estimate of drug-likeness (QED) is 0.670. The van der Waals surface area contributed by atoms with E-state index >= 15 is 0 Å². The molecule has 5 rings (SSSR count). The van der Waals surface area contributed by atoms with Gasteiger partial charge in [-0.05, 0) is 25.9 Å². The van der Waals surface area contributed by atoms with Crippen molar-refractivity contribution in [3.63, 3.8) is 0 Å². The van der Waals surface area contributed by atoms with E-state index in [9.17, 15) is 0 Å². The monoisotopic (exact) mass is 395 g/mol. The standard InChI is InChI=1S/C19H25N9O/c20-18-21-11-14(12-22-18)16-15-13-23-28(6-5-26-3-1-2-4-26)17(15)25-19(24-16)27-7-9-29-10-8-27/h11-13H,1-10H2,(H2,20,21,22).